The zero-order valence-corrected chi connectivity index (χ0v) is 9.06. The van der Waals surface area contributed by atoms with Crippen molar-refractivity contribution in [3.8, 4) is 0 Å². The van der Waals surface area contributed by atoms with Crippen molar-refractivity contribution >= 4 is 0 Å². The molecule has 1 saturated heterocycles. The van der Waals surface area contributed by atoms with E-state index in [1.807, 2.05) is 0 Å². The maximum Gasteiger partial charge on any atom is 0.251 e. The number of hydrogen-bond donors (Lipinski definition) is 1. The summed E-state index contributed by atoms with van der Waals surface area (Å²) in [7, 11) is 0. The van der Waals surface area contributed by atoms with Crippen molar-refractivity contribution in [2.24, 2.45) is 0 Å². The molecule has 0 aromatic heterocycles. The molecule has 1 aliphatic rings. The van der Waals surface area contributed by atoms with Crippen LogP contribution in [0, 0.1) is 5.82 Å². The molecule has 1 aliphatic heterocycles. The van der Waals surface area contributed by atoms with Crippen LogP contribution in [0.25, 0.3) is 0 Å². The molecule has 16 heavy (non-hydrogen) atoms. The molecule has 0 aliphatic carbocycles. The van der Waals surface area contributed by atoms with E-state index in [4.69, 9.17) is 0 Å². The molecule has 0 amide bonds. The SMILES string of the molecule is CC1(c2ccc(F)cc2)CC(F)(F)CCN1. The Morgan fingerprint density at radius 1 is 1.19 bits per heavy atom. The minimum absolute atomic E-state index is 0.135. The van der Waals surface area contributed by atoms with Gasteiger partial charge in [0, 0.05) is 24.9 Å². The van der Waals surface area contributed by atoms with Crippen molar-refractivity contribution in [2.45, 2.75) is 31.2 Å². The third kappa shape index (κ3) is 2.21. The van der Waals surface area contributed by atoms with Crippen molar-refractivity contribution in [1.82, 2.24) is 5.32 Å². The van der Waals surface area contributed by atoms with E-state index in [1.165, 1.54) is 12.1 Å². The van der Waals surface area contributed by atoms with Gasteiger partial charge in [-0.15, -0.1) is 0 Å². The zero-order chi connectivity index (χ0) is 11.8. The van der Waals surface area contributed by atoms with E-state index in [0.717, 1.165) is 0 Å². The Morgan fingerprint density at radius 2 is 1.81 bits per heavy atom. The van der Waals surface area contributed by atoms with Crippen LogP contribution in [-0.4, -0.2) is 12.5 Å². The van der Waals surface area contributed by atoms with Crippen molar-refractivity contribution < 1.29 is 13.2 Å². The van der Waals surface area contributed by atoms with Crippen LogP contribution in [0.5, 0.6) is 0 Å². The molecule has 1 nitrogen and oxygen atoms in total. The van der Waals surface area contributed by atoms with E-state index < -0.39 is 11.5 Å². The molecule has 1 fully saturated rings. The second-order valence-corrected chi connectivity index (χ2v) is 4.55. The highest BCUT2D eigenvalue weighted by Gasteiger charge is 2.43. The van der Waals surface area contributed by atoms with Crippen LogP contribution < -0.4 is 5.32 Å². The number of piperidine rings is 1. The standard InChI is InChI=1S/C12H14F3N/c1-11(8-12(14,15)6-7-16-11)9-2-4-10(13)5-3-9/h2-5,16H,6-8H2,1H3. The van der Waals surface area contributed by atoms with Gasteiger partial charge in [-0.3, -0.25) is 0 Å². The summed E-state index contributed by atoms with van der Waals surface area (Å²) in [6.45, 7) is 2.01. The van der Waals surface area contributed by atoms with Gasteiger partial charge in [0.2, 0.25) is 0 Å². The lowest BCUT2D eigenvalue weighted by Crippen LogP contribution is -2.50. The van der Waals surface area contributed by atoms with Crippen LogP contribution in [0.1, 0.15) is 25.3 Å². The number of alkyl halides is 2. The number of benzene rings is 1. The number of hydrogen-bond acceptors (Lipinski definition) is 1. The highest BCUT2D eigenvalue weighted by atomic mass is 19.3. The van der Waals surface area contributed by atoms with Gasteiger partial charge in [-0.2, -0.15) is 0 Å². The van der Waals surface area contributed by atoms with Crippen molar-refractivity contribution in [3.05, 3.63) is 35.6 Å². The van der Waals surface area contributed by atoms with Crippen molar-refractivity contribution in [3.63, 3.8) is 0 Å². The molecule has 0 saturated carbocycles. The molecule has 1 heterocycles. The van der Waals surface area contributed by atoms with Crippen LogP contribution >= 0.6 is 0 Å². The lowest BCUT2D eigenvalue weighted by atomic mass is 9.82. The van der Waals surface area contributed by atoms with Gasteiger partial charge in [0.1, 0.15) is 5.82 Å². The summed E-state index contributed by atoms with van der Waals surface area (Å²) in [5.74, 6) is -3.00. The predicted octanol–water partition coefficient (Wildman–Crippen LogP) is 3.06. The Hall–Kier alpha value is -1.03. The first-order valence-electron chi connectivity index (χ1n) is 5.30. The molecular formula is C12H14F3N. The van der Waals surface area contributed by atoms with Crippen molar-refractivity contribution in [1.29, 1.82) is 0 Å². The van der Waals surface area contributed by atoms with E-state index in [-0.39, 0.29) is 25.2 Å². The molecule has 1 aromatic carbocycles. The molecule has 0 spiro atoms. The van der Waals surface area contributed by atoms with Crippen LogP contribution in [0.2, 0.25) is 0 Å². The Morgan fingerprint density at radius 3 is 2.38 bits per heavy atom. The van der Waals surface area contributed by atoms with Crippen LogP contribution in [0.15, 0.2) is 24.3 Å². The molecule has 0 radical (unpaired) electrons. The molecule has 4 heteroatoms. The fraction of sp³-hybridized carbons (Fsp3) is 0.500. The van der Waals surface area contributed by atoms with E-state index in [1.54, 1.807) is 19.1 Å². The Kier molecular flexibility index (Phi) is 2.70. The summed E-state index contributed by atoms with van der Waals surface area (Å²) in [6.07, 6.45) is -0.380. The highest BCUT2D eigenvalue weighted by molar-refractivity contribution is 5.25. The molecule has 2 rings (SSSR count). The van der Waals surface area contributed by atoms with Gasteiger partial charge in [0.25, 0.3) is 5.92 Å². The Bertz CT molecular complexity index is 374. The average molecular weight is 229 g/mol. The summed E-state index contributed by atoms with van der Waals surface area (Å²) in [5, 5.41) is 3.08. The minimum atomic E-state index is -2.64. The highest BCUT2D eigenvalue weighted by Crippen LogP contribution is 2.38. The number of rotatable bonds is 1. The quantitative estimate of drug-likeness (QED) is 0.780. The second kappa shape index (κ2) is 3.77. The molecule has 1 atom stereocenters. The number of halogens is 3. The summed E-state index contributed by atoms with van der Waals surface area (Å²) < 4.78 is 39.5. The lowest BCUT2D eigenvalue weighted by molar-refractivity contribution is -0.0611. The van der Waals surface area contributed by atoms with Gasteiger partial charge >= 0.3 is 0 Å². The average Bonchev–Trinajstić information content (AvgIpc) is 2.16. The molecule has 1 unspecified atom stereocenters. The minimum Gasteiger partial charge on any atom is -0.307 e. The fourth-order valence-corrected chi connectivity index (χ4v) is 2.21. The molecule has 88 valence electrons. The van der Waals surface area contributed by atoms with Gasteiger partial charge in [-0.1, -0.05) is 12.1 Å². The monoisotopic (exact) mass is 229 g/mol. The summed E-state index contributed by atoms with van der Waals surface area (Å²) in [5.41, 5.74) is -0.0663. The van der Waals surface area contributed by atoms with E-state index in [9.17, 15) is 13.2 Å². The maximum atomic E-state index is 13.4. The summed E-state index contributed by atoms with van der Waals surface area (Å²) in [6, 6.07) is 5.72. The third-order valence-corrected chi connectivity index (χ3v) is 3.10. The lowest BCUT2D eigenvalue weighted by Gasteiger charge is -2.39. The zero-order valence-electron chi connectivity index (χ0n) is 9.06. The smallest absolute Gasteiger partial charge is 0.251 e. The first-order valence-corrected chi connectivity index (χ1v) is 5.30. The third-order valence-electron chi connectivity index (χ3n) is 3.10. The van der Waals surface area contributed by atoms with Crippen LogP contribution in [-0.2, 0) is 5.54 Å². The maximum absolute atomic E-state index is 13.4. The normalized spacial score (nSPS) is 29.0. The first-order chi connectivity index (χ1) is 7.41. The topological polar surface area (TPSA) is 12.0 Å². The summed E-state index contributed by atoms with van der Waals surface area (Å²) in [4.78, 5) is 0. The van der Waals surface area contributed by atoms with E-state index >= 15 is 0 Å². The van der Waals surface area contributed by atoms with Gasteiger partial charge in [-0.25, -0.2) is 13.2 Å². The first kappa shape index (κ1) is 11.5. The number of nitrogens with one attached hydrogen (secondary N) is 1. The second-order valence-electron chi connectivity index (χ2n) is 4.55. The molecule has 1 N–H and O–H groups in total. The molecule has 1 aromatic rings. The van der Waals surface area contributed by atoms with E-state index in [0.29, 0.717) is 5.56 Å². The summed E-state index contributed by atoms with van der Waals surface area (Å²) >= 11 is 0. The molecular weight excluding hydrogens is 215 g/mol. The van der Waals surface area contributed by atoms with Gasteiger partial charge in [0.05, 0.1) is 0 Å². The predicted molar refractivity (Wildman–Crippen MR) is 55.9 cm³/mol. The van der Waals surface area contributed by atoms with Gasteiger partial charge < -0.3 is 5.32 Å². The fourth-order valence-electron chi connectivity index (χ4n) is 2.21. The van der Waals surface area contributed by atoms with Crippen LogP contribution in [0.4, 0.5) is 13.2 Å². The van der Waals surface area contributed by atoms with Crippen LogP contribution in [0.3, 0.4) is 0 Å². The van der Waals surface area contributed by atoms with E-state index in [2.05, 4.69) is 5.32 Å². The van der Waals surface area contributed by atoms with Gasteiger partial charge in [0.15, 0.2) is 0 Å². The largest absolute Gasteiger partial charge is 0.307 e. The Labute approximate surface area is 92.7 Å². The van der Waals surface area contributed by atoms with Gasteiger partial charge in [-0.05, 0) is 24.6 Å². The Balaban J connectivity index is 2.27. The molecule has 0 bridgehead atoms. The van der Waals surface area contributed by atoms with Crippen molar-refractivity contribution in [2.75, 3.05) is 6.54 Å².